The molecule has 0 aliphatic heterocycles. The van der Waals surface area contributed by atoms with Crippen LogP contribution in [0.1, 0.15) is 25.8 Å². The fourth-order valence-electron chi connectivity index (χ4n) is 2.86. The average molecular weight is 407 g/mol. The minimum absolute atomic E-state index is 0.303. The van der Waals surface area contributed by atoms with Crippen LogP contribution in [0.3, 0.4) is 0 Å². The molecule has 0 aliphatic carbocycles. The van der Waals surface area contributed by atoms with Gasteiger partial charge in [0.15, 0.2) is 16.3 Å². The first-order valence-corrected chi connectivity index (χ1v) is 10.2. The van der Waals surface area contributed by atoms with Crippen LogP contribution in [0.15, 0.2) is 39.0 Å². The summed E-state index contributed by atoms with van der Waals surface area (Å²) in [4.78, 5) is 29.7. The summed E-state index contributed by atoms with van der Waals surface area (Å²) in [6.45, 7) is 4.98. The normalized spacial score (nSPS) is 11.6. The Morgan fingerprint density at radius 2 is 1.78 bits per heavy atom. The zero-order valence-corrected chi connectivity index (χ0v) is 17.5. The van der Waals surface area contributed by atoms with Crippen molar-refractivity contribution in [2.75, 3.05) is 0 Å². The number of thioether (sulfide) groups is 1. The van der Waals surface area contributed by atoms with Crippen LogP contribution in [0.4, 0.5) is 0 Å². The van der Waals surface area contributed by atoms with E-state index in [0.29, 0.717) is 34.4 Å². The molecular formula is C19H23ClN4O2S. The van der Waals surface area contributed by atoms with E-state index in [1.54, 1.807) is 18.8 Å². The van der Waals surface area contributed by atoms with Gasteiger partial charge in [0.1, 0.15) is 0 Å². The van der Waals surface area contributed by atoms with Crippen molar-refractivity contribution in [3.8, 4) is 0 Å². The molecule has 3 aromatic rings. The van der Waals surface area contributed by atoms with Gasteiger partial charge in [-0.15, -0.1) is 0 Å². The highest BCUT2D eigenvalue weighted by molar-refractivity contribution is 7.98. The average Bonchev–Trinajstić information content (AvgIpc) is 3.01. The molecule has 144 valence electrons. The van der Waals surface area contributed by atoms with Gasteiger partial charge in [-0.25, -0.2) is 9.78 Å². The summed E-state index contributed by atoms with van der Waals surface area (Å²) in [6.07, 6.45) is 0.923. The van der Waals surface area contributed by atoms with E-state index in [1.807, 2.05) is 28.8 Å². The third-order valence-electron chi connectivity index (χ3n) is 4.52. The summed E-state index contributed by atoms with van der Waals surface area (Å²) in [6, 6.07) is 7.67. The maximum Gasteiger partial charge on any atom is 0.332 e. The first kappa shape index (κ1) is 19.8. The van der Waals surface area contributed by atoms with Gasteiger partial charge >= 0.3 is 5.69 Å². The third kappa shape index (κ3) is 3.99. The van der Waals surface area contributed by atoms with Crippen molar-refractivity contribution in [3.05, 3.63) is 55.7 Å². The zero-order valence-electron chi connectivity index (χ0n) is 15.9. The Labute approximate surface area is 166 Å². The molecule has 0 saturated heterocycles. The molecule has 0 saturated carbocycles. The molecule has 3 rings (SSSR count). The molecule has 0 fully saturated rings. The van der Waals surface area contributed by atoms with Crippen LogP contribution in [0, 0.1) is 5.92 Å². The van der Waals surface area contributed by atoms with Crippen molar-refractivity contribution in [2.24, 2.45) is 20.0 Å². The number of hydrogen-bond acceptors (Lipinski definition) is 4. The highest BCUT2D eigenvalue weighted by Crippen LogP contribution is 2.26. The highest BCUT2D eigenvalue weighted by Gasteiger charge is 2.19. The van der Waals surface area contributed by atoms with Gasteiger partial charge in [0.05, 0.1) is 0 Å². The van der Waals surface area contributed by atoms with Crippen LogP contribution in [0.25, 0.3) is 11.2 Å². The second-order valence-electron chi connectivity index (χ2n) is 7.02. The molecule has 6 nitrogen and oxygen atoms in total. The Balaban J connectivity index is 2.07. The first-order chi connectivity index (χ1) is 12.8. The molecule has 8 heteroatoms. The van der Waals surface area contributed by atoms with E-state index in [2.05, 4.69) is 18.8 Å². The molecule has 27 heavy (non-hydrogen) atoms. The lowest BCUT2D eigenvalue weighted by atomic mass is 10.1. The van der Waals surface area contributed by atoms with Crippen molar-refractivity contribution in [1.29, 1.82) is 0 Å². The molecular weight excluding hydrogens is 384 g/mol. The lowest BCUT2D eigenvalue weighted by Gasteiger charge is -2.11. The Morgan fingerprint density at radius 1 is 1.11 bits per heavy atom. The third-order valence-corrected chi connectivity index (χ3v) is 5.82. The monoisotopic (exact) mass is 406 g/mol. The summed E-state index contributed by atoms with van der Waals surface area (Å²) >= 11 is 7.51. The highest BCUT2D eigenvalue weighted by atomic mass is 35.5. The number of halogens is 1. The van der Waals surface area contributed by atoms with Gasteiger partial charge in [0.2, 0.25) is 0 Å². The van der Waals surface area contributed by atoms with E-state index in [9.17, 15) is 9.59 Å². The molecule has 0 bridgehead atoms. The van der Waals surface area contributed by atoms with Crippen molar-refractivity contribution >= 4 is 34.5 Å². The molecule has 0 unspecified atom stereocenters. The van der Waals surface area contributed by atoms with E-state index in [0.717, 1.165) is 21.7 Å². The Hall–Kier alpha value is -1.99. The van der Waals surface area contributed by atoms with E-state index in [1.165, 1.54) is 11.6 Å². The molecule has 0 radical (unpaired) electrons. The van der Waals surface area contributed by atoms with E-state index >= 15 is 0 Å². The number of benzene rings is 1. The number of hydrogen-bond donors (Lipinski definition) is 0. The minimum Gasteiger partial charge on any atom is -0.313 e. The molecule has 0 atom stereocenters. The van der Waals surface area contributed by atoms with Crippen molar-refractivity contribution < 1.29 is 0 Å². The predicted octanol–water partition coefficient (Wildman–Crippen LogP) is 3.43. The lowest BCUT2D eigenvalue weighted by Crippen LogP contribution is -2.37. The summed E-state index contributed by atoms with van der Waals surface area (Å²) in [7, 11) is 3.15. The zero-order chi connectivity index (χ0) is 19.7. The van der Waals surface area contributed by atoms with E-state index < -0.39 is 0 Å². The molecule has 0 aliphatic rings. The van der Waals surface area contributed by atoms with E-state index in [4.69, 9.17) is 11.6 Å². The lowest BCUT2D eigenvalue weighted by molar-refractivity contribution is 0.502. The van der Waals surface area contributed by atoms with Crippen LogP contribution in [-0.4, -0.2) is 18.7 Å². The van der Waals surface area contributed by atoms with Crippen LogP contribution >= 0.6 is 23.4 Å². The fraction of sp³-hybridized carbons (Fsp3) is 0.421. The van der Waals surface area contributed by atoms with Crippen LogP contribution in [0.2, 0.25) is 5.02 Å². The van der Waals surface area contributed by atoms with Crippen molar-refractivity contribution in [1.82, 2.24) is 18.7 Å². The number of aromatic nitrogens is 4. The number of imidazole rings is 1. The molecule has 0 spiro atoms. The SMILES string of the molecule is CC(C)CCn1c(SCc2ccc(Cl)cc2)nc2c1c(=O)n(C)c(=O)n2C. The molecule has 2 heterocycles. The summed E-state index contributed by atoms with van der Waals surface area (Å²) in [5, 5.41) is 1.45. The Morgan fingerprint density at radius 3 is 2.41 bits per heavy atom. The van der Waals surface area contributed by atoms with Gasteiger partial charge in [-0.2, -0.15) is 0 Å². The van der Waals surface area contributed by atoms with Gasteiger partial charge in [-0.3, -0.25) is 13.9 Å². The standard InChI is InChI=1S/C19H23ClN4O2S/c1-12(2)9-10-24-15-16(22(3)19(26)23(4)17(15)25)21-18(24)27-11-13-5-7-14(20)8-6-13/h5-8,12H,9-11H2,1-4H3. The largest absolute Gasteiger partial charge is 0.332 e. The second-order valence-corrected chi connectivity index (χ2v) is 8.40. The second kappa shape index (κ2) is 7.94. The number of aryl methyl sites for hydroxylation is 2. The summed E-state index contributed by atoms with van der Waals surface area (Å²) < 4.78 is 4.54. The Bertz CT molecular complexity index is 1080. The van der Waals surface area contributed by atoms with Gasteiger partial charge in [0, 0.05) is 31.4 Å². The molecule has 1 aromatic carbocycles. The van der Waals surface area contributed by atoms with Gasteiger partial charge < -0.3 is 4.57 Å². The van der Waals surface area contributed by atoms with Crippen molar-refractivity contribution in [2.45, 2.75) is 37.7 Å². The van der Waals surface area contributed by atoms with Crippen LogP contribution < -0.4 is 11.2 Å². The van der Waals surface area contributed by atoms with Gasteiger partial charge in [-0.1, -0.05) is 49.3 Å². The Kier molecular flexibility index (Phi) is 5.81. The predicted molar refractivity (Wildman–Crippen MR) is 111 cm³/mol. The van der Waals surface area contributed by atoms with E-state index in [-0.39, 0.29) is 11.2 Å². The summed E-state index contributed by atoms with van der Waals surface area (Å²) in [5.74, 6) is 1.20. The van der Waals surface area contributed by atoms with Gasteiger partial charge in [0.25, 0.3) is 5.56 Å². The summed E-state index contributed by atoms with van der Waals surface area (Å²) in [5.41, 5.74) is 1.37. The number of fused-ring (bicyclic) bond motifs is 1. The van der Waals surface area contributed by atoms with Crippen molar-refractivity contribution in [3.63, 3.8) is 0 Å². The molecule has 0 amide bonds. The smallest absolute Gasteiger partial charge is 0.313 e. The van der Waals surface area contributed by atoms with Crippen LogP contribution in [-0.2, 0) is 26.4 Å². The van der Waals surface area contributed by atoms with Crippen LogP contribution in [0.5, 0.6) is 0 Å². The maximum absolute atomic E-state index is 12.8. The molecule has 0 N–H and O–H groups in total. The number of rotatable bonds is 6. The fourth-order valence-corrected chi connectivity index (χ4v) is 3.96. The first-order valence-electron chi connectivity index (χ1n) is 8.83. The minimum atomic E-state index is -0.365. The topological polar surface area (TPSA) is 61.8 Å². The van der Waals surface area contributed by atoms with Gasteiger partial charge in [-0.05, 0) is 30.0 Å². The maximum atomic E-state index is 12.8. The molecule has 2 aromatic heterocycles. The number of nitrogens with zero attached hydrogens (tertiary/aromatic N) is 4. The quantitative estimate of drug-likeness (QED) is 0.588.